The molecule has 0 amide bonds. The van der Waals surface area contributed by atoms with E-state index in [2.05, 4.69) is 0 Å². The van der Waals surface area contributed by atoms with Gasteiger partial charge in [-0.15, -0.1) is 0 Å². The van der Waals surface area contributed by atoms with Crippen molar-refractivity contribution in [3.8, 4) is 11.5 Å². The summed E-state index contributed by atoms with van der Waals surface area (Å²) < 4.78 is 54.0. The second kappa shape index (κ2) is 14.3. The second-order valence-corrected chi connectivity index (χ2v) is 9.73. The van der Waals surface area contributed by atoms with Crippen LogP contribution < -0.4 is 9.47 Å². The summed E-state index contributed by atoms with van der Waals surface area (Å²) in [5, 5.41) is 19.1. The second-order valence-electron chi connectivity index (χ2n) is 9.73. The first-order chi connectivity index (χ1) is 20.6. The van der Waals surface area contributed by atoms with Gasteiger partial charge in [0.2, 0.25) is 5.82 Å². The van der Waals surface area contributed by atoms with Crippen LogP contribution in [0.3, 0.4) is 0 Å². The average molecular weight is 594 g/mol. The maximum Gasteiger partial charge on any atom is 0.323 e. The highest BCUT2D eigenvalue weighted by Crippen LogP contribution is 2.32. The molecule has 4 aromatic rings. The number of halogens is 3. The molecule has 10 heteroatoms. The van der Waals surface area contributed by atoms with E-state index in [1.54, 1.807) is 60.1 Å². The standard InChI is InChI=1S/C33H30F3NO6/c1-21-26(6-4-9-30(38)39)27-19-24(34)18-23(33(27)37(21)20-31(40)41)13-10-22-11-14-25(15-12-22)42-16-2-3-17-43-29-8-5-7-28(35)32(29)36/h2-3,5,7-8,10-15,18-19H,4,6,9,16-17,20H2,1H3,(H,38,39)(H,40,41). The normalized spacial score (nSPS) is 11.5. The van der Waals surface area contributed by atoms with Gasteiger partial charge in [-0.3, -0.25) is 9.59 Å². The largest absolute Gasteiger partial charge is 0.490 e. The van der Waals surface area contributed by atoms with Crippen molar-refractivity contribution in [3.05, 3.63) is 107 Å². The summed E-state index contributed by atoms with van der Waals surface area (Å²) in [6, 6.07) is 13.5. The van der Waals surface area contributed by atoms with Crippen LogP contribution in [0.25, 0.3) is 23.1 Å². The van der Waals surface area contributed by atoms with E-state index in [0.29, 0.717) is 40.8 Å². The van der Waals surface area contributed by atoms with Crippen LogP contribution >= 0.6 is 0 Å². The smallest absolute Gasteiger partial charge is 0.323 e. The molecular weight excluding hydrogens is 563 g/mol. The van der Waals surface area contributed by atoms with Gasteiger partial charge in [0, 0.05) is 23.1 Å². The summed E-state index contributed by atoms with van der Waals surface area (Å²) in [6.07, 6.45) is 7.48. The van der Waals surface area contributed by atoms with Crippen LogP contribution in [0.1, 0.15) is 35.2 Å². The highest BCUT2D eigenvalue weighted by Gasteiger charge is 2.19. The van der Waals surface area contributed by atoms with Crippen molar-refractivity contribution in [1.29, 1.82) is 0 Å². The third-order valence-electron chi connectivity index (χ3n) is 6.75. The molecule has 4 rings (SSSR count). The first kappa shape index (κ1) is 31.0. The van der Waals surface area contributed by atoms with E-state index in [0.717, 1.165) is 17.2 Å². The Labute approximate surface area is 246 Å². The van der Waals surface area contributed by atoms with Crippen LogP contribution in [0, 0.1) is 24.4 Å². The Bertz CT molecular complexity index is 1670. The third kappa shape index (κ3) is 8.06. The predicted molar refractivity (Wildman–Crippen MR) is 157 cm³/mol. The van der Waals surface area contributed by atoms with Crippen molar-refractivity contribution in [2.45, 2.75) is 32.7 Å². The van der Waals surface area contributed by atoms with Crippen molar-refractivity contribution < 1.29 is 42.4 Å². The van der Waals surface area contributed by atoms with Crippen molar-refractivity contribution >= 4 is 35.0 Å². The lowest BCUT2D eigenvalue weighted by Crippen LogP contribution is -2.10. The minimum atomic E-state index is -1.05. The number of carboxylic acid groups (broad SMARTS) is 2. The molecule has 0 aliphatic heterocycles. The van der Waals surface area contributed by atoms with Crippen LogP contribution in [-0.4, -0.2) is 39.9 Å². The number of aryl methyl sites for hydroxylation is 1. The Hall–Kier alpha value is -4.99. The van der Waals surface area contributed by atoms with Gasteiger partial charge in [-0.1, -0.05) is 30.4 Å². The van der Waals surface area contributed by atoms with Gasteiger partial charge in [0.25, 0.3) is 0 Å². The number of nitrogens with zero attached hydrogens (tertiary/aromatic N) is 1. The first-order valence-electron chi connectivity index (χ1n) is 13.5. The Balaban J connectivity index is 1.44. The van der Waals surface area contributed by atoms with Crippen LogP contribution in [0.5, 0.6) is 11.5 Å². The lowest BCUT2D eigenvalue weighted by Gasteiger charge is -2.08. The molecule has 43 heavy (non-hydrogen) atoms. The Morgan fingerprint density at radius 3 is 2.33 bits per heavy atom. The maximum absolute atomic E-state index is 14.7. The molecule has 0 atom stereocenters. The third-order valence-corrected chi connectivity index (χ3v) is 6.75. The molecule has 1 aromatic heterocycles. The maximum atomic E-state index is 14.7. The van der Waals surface area contributed by atoms with Crippen LogP contribution in [0.2, 0.25) is 0 Å². The first-order valence-corrected chi connectivity index (χ1v) is 13.5. The Kier molecular flexibility index (Phi) is 10.3. The molecule has 7 nitrogen and oxygen atoms in total. The van der Waals surface area contributed by atoms with Gasteiger partial charge in [0.15, 0.2) is 11.6 Å². The van der Waals surface area contributed by atoms with Gasteiger partial charge in [-0.2, -0.15) is 4.39 Å². The summed E-state index contributed by atoms with van der Waals surface area (Å²) in [5.74, 6) is -4.06. The minimum absolute atomic E-state index is 0.0417. The predicted octanol–water partition coefficient (Wildman–Crippen LogP) is 7.04. The van der Waals surface area contributed by atoms with Gasteiger partial charge >= 0.3 is 11.9 Å². The summed E-state index contributed by atoms with van der Waals surface area (Å²) in [7, 11) is 0. The van der Waals surface area contributed by atoms with Gasteiger partial charge in [0.05, 0.1) is 5.52 Å². The van der Waals surface area contributed by atoms with Crippen LogP contribution in [0.15, 0.2) is 66.7 Å². The summed E-state index contributed by atoms with van der Waals surface area (Å²) in [6.45, 7) is 1.71. The van der Waals surface area contributed by atoms with Crippen molar-refractivity contribution in [2.24, 2.45) is 0 Å². The van der Waals surface area contributed by atoms with E-state index in [1.165, 1.54) is 24.3 Å². The molecule has 0 bridgehead atoms. The topological polar surface area (TPSA) is 98.0 Å². The number of aliphatic carboxylic acids is 2. The molecule has 2 N–H and O–H groups in total. The number of benzene rings is 3. The molecule has 1 heterocycles. The molecular formula is C33H30F3NO6. The summed E-state index contributed by atoms with van der Waals surface area (Å²) in [4.78, 5) is 22.6. The van der Waals surface area contributed by atoms with E-state index >= 15 is 0 Å². The number of carboxylic acids is 2. The van der Waals surface area contributed by atoms with E-state index < -0.39 is 29.4 Å². The average Bonchev–Trinajstić information content (AvgIpc) is 3.21. The molecule has 0 unspecified atom stereocenters. The number of aromatic nitrogens is 1. The number of fused-ring (bicyclic) bond motifs is 1. The van der Waals surface area contributed by atoms with Gasteiger partial charge < -0.3 is 24.3 Å². The van der Waals surface area contributed by atoms with Gasteiger partial charge in [0.1, 0.15) is 31.3 Å². The number of ether oxygens (including phenoxy) is 2. The van der Waals surface area contributed by atoms with Crippen molar-refractivity contribution in [3.63, 3.8) is 0 Å². The summed E-state index contributed by atoms with van der Waals surface area (Å²) >= 11 is 0. The molecule has 0 saturated heterocycles. The van der Waals surface area contributed by atoms with Crippen LogP contribution in [0.4, 0.5) is 13.2 Å². The highest BCUT2D eigenvalue weighted by atomic mass is 19.2. The lowest BCUT2D eigenvalue weighted by atomic mass is 10.0. The SMILES string of the molecule is Cc1c(CCCC(=O)O)c2cc(F)cc(C=Cc3ccc(OCC=CCOc4cccc(F)c4F)cc3)c2n1CC(=O)O. The van der Waals surface area contributed by atoms with E-state index in [-0.39, 0.29) is 31.9 Å². The van der Waals surface area contributed by atoms with Crippen LogP contribution in [-0.2, 0) is 22.6 Å². The fourth-order valence-corrected chi connectivity index (χ4v) is 4.74. The quantitative estimate of drug-likeness (QED) is 0.120. The Morgan fingerprint density at radius 1 is 0.907 bits per heavy atom. The lowest BCUT2D eigenvalue weighted by molar-refractivity contribution is -0.138. The zero-order valence-electron chi connectivity index (χ0n) is 23.4. The molecule has 0 spiro atoms. The zero-order chi connectivity index (χ0) is 30.9. The molecule has 0 radical (unpaired) electrons. The molecule has 0 aliphatic rings. The van der Waals surface area contributed by atoms with E-state index in [1.807, 2.05) is 0 Å². The highest BCUT2D eigenvalue weighted by molar-refractivity contribution is 5.95. The molecule has 0 aliphatic carbocycles. The number of carbonyl (C=O) groups is 2. The molecule has 224 valence electrons. The van der Waals surface area contributed by atoms with E-state index in [4.69, 9.17) is 14.6 Å². The van der Waals surface area contributed by atoms with Gasteiger partial charge in [-0.05, 0) is 79.4 Å². The fraction of sp³-hybridized carbons (Fsp3) is 0.212. The fourth-order valence-electron chi connectivity index (χ4n) is 4.74. The summed E-state index contributed by atoms with van der Waals surface area (Å²) in [5.41, 5.74) is 3.25. The van der Waals surface area contributed by atoms with Crippen molar-refractivity contribution in [1.82, 2.24) is 4.57 Å². The Morgan fingerprint density at radius 2 is 1.63 bits per heavy atom. The number of hydrogen-bond donors (Lipinski definition) is 2. The molecule has 0 saturated carbocycles. The molecule has 0 fully saturated rings. The molecule has 3 aromatic carbocycles. The monoisotopic (exact) mass is 593 g/mol. The van der Waals surface area contributed by atoms with E-state index in [9.17, 15) is 27.9 Å². The van der Waals surface area contributed by atoms with Crippen molar-refractivity contribution in [2.75, 3.05) is 13.2 Å². The zero-order valence-corrected chi connectivity index (χ0v) is 23.4. The van der Waals surface area contributed by atoms with Gasteiger partial charge in [-0.25, -0.2) is 8.78 Å². The minimum Gasteiger partial charge on any atom is -0.490 e. The number of hydrogen-bond acceptors (Lipinski definition) is 4. The number of rotatable bonds is 14.